The van der Waals surface area contributed by atoms with Crippen LogP contribution in [0, 0.1) is 0 Å². The van der Waals surface area contributed by atoms with E-state index in [2.05, 4.69) is 5.32 Å². The maximum atomic E-state index is 12.6. The Balaban J connectivity index is 2.26. The van der Waals surface area contributed by atoms with Gasteiger partial charge in [0.2, 0.25) is 5.91 Å². The predicted molar refractivity (Wildman–Crippen MR) is 86.0 cm³/mol. The van der Waals surface area contributed by atoms with E-state index in [1.807, 2.05) is 6.07 Å². The molecule has 0 saturated carbocycles. The van der Waals surface area contributed by atoms with E-state index in [1.54, 1.807) is 48.5 Å². The van der Waals surface area contributed by atoms with Gasteiger partial charge in [-0.05, 0) is 5.56 Å². The van der Waals surface area contributed by atoms with Crippen molar-refractivity contribution in [3.8, 4) is 0 Å². The number of carbonyl (C=O) groups excluding carboxylic acids is 2. The standard InChI is InChI=1S/C18H19NO4/c1-12(20)19-11-16(21)18(23)15-10-6-5-9-14(15)17(22)13-7-3-2-4-8-13/h2-10,16,18,21,23H,11H2,1H3,(H,19,20). The van der Waals surface area contributed by atoms with Crippen LogP contribution in [0.4, 0.5) is 0 Å². The largest absolute Gasteiger partial charge is 0.388 e. The Hall–Kier alpha value is -2.50. The van der Waals surface area contributed by atoms with Crippen LogP contribution in [0.25, 0.3) is 0 Å². The minimum atomic E-state index is -1.27. The lowest BCUT2D eigenvalue weighted by atomic mass is 9.93. The van der Waals surface area contributed by atoms with Gasteiger partial charge in [0.15, 0.2) is 5.78 Å². The predicted octanol–water partition coefficient (Wildman–Crippen LogP) is 1.45. The van der Waals surface area contributed by atoms with E-state index >= 15 is 0 Å². The Kier molecular flexibility index (Phi) is 5.62. The van der Waals surface area contributed by atoms with Crippen molar-refractivity contribution in [2.24, 2.45) is 0 Å². The number of rotatable bonds is 6. The number of benzene rings is 2. The third kappa shape index (κ3) is 4.25. The van der Waals surface area contributed by atoms with Crippen LogP contribution >= 0.6 is 0 Å². The zero-order chi connectivity index (χ0) is 16.8. The summed E-state index contributed by atoms with van der Waals surface area (Å²) in [5.41, 5.74) is 1.16. The van der Waals surface area contributed by atoms with E-state index in [1.165, 1.54) is 6.92 Å². The highest BCUT2D eigenvalue weighted by atomic mass is 16.3. The second-order valence-electron chi connectivity index (χ2n) is 5.23. The Morgan fingerprint density at radius 1 is 1.00 bits per heavy atom. The summed E-state index contributed by atoms with van der Waals surface area (Å²) in [5, 5.41) is 22.8. The molecule has 0 aromatic heterocycles. The molecule has 23 heavy (non-hydrogen) atoms. The first-order valence-electron chi connectivity index (χ1n) is 7.30. The van der Waals surface area contributed by atoms with Crippen LogP contribution in [0.1, 0.15) is 34.5 Å². The van der Waals surface area contributed by atoms with E-state index in [0.717, 1.165) is 0 Å². The fourth-order valence-electron chi connectivity index (χ4n) is 2.27. The van der Waals surface area contributed by atoms with E-state index in [0.29, 0.717) is 16.7 Å². The lowest BCUT2D eigenvalue weighted by Crippen LogP contribution is -2.34. The molecule has 0 fully saturated rings. The van der Waals surface area contributed by atoms with Gasteiger partial charge in [0.05, 0.1) is 0 Å². The summed E-state index contributed by atoms with van der Waals surface area (Å²) in [4.78, 5) is 23.5. The molecule has 0 spiro atoms. The van der Waals surface area contributed by atoms with Gasteiger partial charge in [-0.15, -0.1) is 0 Å². The molecule has 1 amide bonds. The minimum absolute atomic E-state index is 0.0929. The molecule has 0 aliphatic carbocycles. The molecule has 5 heteroatoms. The first kappa shape index (κ1) is 16.9. The number of hydrogen-bond donors (Lipinski definition) is 3. The van der Waals surface area contributed by atoms with Crippen molar-refractivity contribution in [2.75, 3.05) is 6.54 Å². The summed E-state index contributed by atoms with van der Waals surface area (Å²) in [6.45, 7) is 1.23. The zero-order valence-electron chi connectivity index (χ0n) is 12.8. The van der Waals surface area contributed by atoms with Crippen LogP contribution in [0.3, 0.4) is 0 Å². The van der Waals surface area contributed by atoms with Gasteiger partial charge in [-0.1, -0.05) is 54.6 Å². The van der Waals surface area contributed by atoms with Crippen LogP contribution in [-0.4, -0.2) is 34.6 Å². The molecule has 2 aromatic rings. The summed E-state index contributed by atoms with van der Waals surface area (Å²) >= 11 is 0. The Morgan fingerprint density at radius 2 is 1.61 bits per heavy atom. The van der Waals surface area contributed by atoms with Crippen molar-refractivity contribution in [3.05, 3.63) is 71.3 Å². The molecule has 0 heterocycles. The second kappa shape index (κ2) is 7.67. The third-order valence-corrected chi connectivity index (χ3v) is 3.48. The van der Waals surface area contributed by atoms with Crippen LogP contribution in [0.2, 0.25) is 0 Å². The molecule has 0 saturated heterocycles. The molecule has 0 bridgehead atoms. The first-order chi connectivity index (χ1) is 11.0. The molecule has 2 atom stereocenters. The molecule has 2 rings (SSSR count). The average molecular weight is 313 g/mol. The highest BCUT2D eigenvalue weighted by Gasteiger charge is 2.24. The van der Waals surface area contributed by atoms with Gasteiger partial charge in [0.25, 0.3) is 0 Å². The number of nitrogens with one attached hydrogen (secondary N) is 1. The van der Waals surface area contributed by atoms with Gasteiger partial charge in [-0.2, -0.15) is 0 Å². The molecule has 120 valence electrons. The quantitative estimate of drug-likeness (QED) is 0.705. The molecule has 0 aliphatic heterocycles. The van der Waals surface area contributed by atoms with Crippen LogP contribution in [0.15, 0.2) is 54.6 Å². The van der Waals surface area contributed by atoms with E-state index in [4.69, 9.17) is 0 Å². The molecule has 0 aliphatic rings. The lowest BCUT2D eigenvalue weighted by molar-refractivity contribution is -0.119. The zero-order valence-corrected chi connectivity index (χ0v) is 12.8. The Bertz CT molecular complexity index is 684. The minimum Gasteiger partial charge on any atom is -0.388 e. The summed E-state index contributed by atoms with van der Waals surface area (Å²) in [6, 6.07) is 15.3. The molecular weight excluding hydrogens is 294 g/mol. The van der Waals surface area contributed by atoms with E-state index in [9.17, 15) is 19.8 Å². The number of ketones is 1. The van der Waals surface area contributed by atoms with Gasteiger partial charge in [-0.25, -0.2) is 0 Å². The van der Waals surface area contributed by atoms with Crippen LogP contribution in [0.5, 0.6) is 0 Å². The van der Waals surface area contributed by atoms with Gasteiger partial charge in [0, 0.05) is 24.6 Å². The summed E-state index contributed by atoms with van der Waals surface area (Å²) in [6.07, 6.45) is -2.48. The van der Waals surface area contributed by atoms with Crippen LogP contribution < -0.4 is 5.32 Å². The van der Waals surface area contributed by atoms with Gasteiger partial charge >= 0.3 is 0 Å². The number of carbonyl (C=O) groups is 2. The lowest BCUT2D eigenvalue weighted by Gasteiger charge is -2.20. The molecule has 0 radical (unpaired) electrons. The van der Waals surface area contributed by atoms with Crippen molar-refractivity contribution in [2.45, 2.75) is 19.1 Å². The van der Waals surface area contributed by atoms with E-state index in [-0.39, 0.29) is 18.2 Å². The Labute approximate surface area is 134 Å². The van der Waals surface area contributed by atoms with E-state index < -0.39 is 12.2 Å². The highest BCUT2D eigenvalue weighted by molar-refractivity contribution is 6.10. The van der Waals surface area contributed by atoms with Gasteiger partial charge in [0.1, 0.15) is 12.2 Å². The average Bonchev–Trinajstić information content (AvgIpc) is 2.59. The molecule has 3 N–H and O–H groups in total. The van der Waals surface area contributed by atoms with Gasteiger partial charge < -0.3 is 15.5 Å². The third-order valence-electron chi connectivity index (χ3n) is 3.48. The first-order valence-corrected chi connectivity index (χ1v) is 7.30. The number of aliphatic hydroxyl groups is 2. The summed E-state index contributed by atoms with van der Waals surface area (Å²) < 4.78 is 0. The maximum Gasteiger partial charge on any atom is 0.216 e. The number of amides is 1. The van der Waals surface area contributed by atoms with Crippen molar-refractivity contribution >= 4 is 11.7 Å². The van der Waals surface area contributed by atoms with Crippen molar-refractivity contribution in [1.82, 2.24) is 5.32 Å². The Morgan fingerprint density at radius 3 is 2.26 bits per heavy atom. The SMILES string of the molecule is CC(=O)NCC(O)C(O)c1ccccc1C(=O)c1ccccc1. The van der Waals surface area contributed by atoms with Crippen LogP contribution in [-0.2, 0) is 4.79 Å². The summed E-state index contributed by atoms with van der Waals surface area (Å²) in [7, 11) is 0. The topological polar surface area (TPSA) is 86.6 Å². The van der Waals surface area contributed by atoms with Crippen molar-refractivity contribution < 1.29 is 19.8 Å². The molecule has 2 aromatic carbocycles. The fourth-order valence-corrected chi connectivity index (χ4v) is 2.27. The number of aliphatic hydroxyl groups excluding tert-OH is 2. The fraction of sp³-hybridized carbons (Fsp3) is 0.222. The molecule has 5 nitrogen and oxygen atoms in total. The normalized spacial score (nSPS) is 13.2. The highest BCUT2D eigenvalue weighted by Crippen LogP contribution is 2.23. The van der Waals surface area contributed by atoms with Crippen molar-refractivity contribution in [1.29, 1.82) is 0 Å². The van der Waals surface area contributed by atoms with Crippen molar-refractivity contribution in [3.63, 3.8) is 0 Å². The number of hydrogen-bond acceptors (Lipinski definition) is 4. The summed E-state index contributed by atoms with van der Waals surface area (Å²) in [5.74, 6) is -0.531. The molecular formula is C18H19NO4. The monoisotopic (exact) mass is 313 g/mol. The molecule has 2 unspecified atom stereocenters. The maximum absolute atomic E-state index is 12.6. The van der Waals surface area contributed by atoms with Gasteiger partial charge in [-0.3, -0.25) is 9.59 Å². The second-order valence-corrected chi connectivity index (χ2v) is 5.23. The smallest absolute Gasteiger partial charge is 0.216 e.